The second-order valence-electron chi connectivity index (χ2n) is 5.38. The maximum Gasteiger partial charge on any atom is 0.251 e. The summed E-state index contributed by atoms with van der Waals surface area (Å²) in [6.07, 6.45) is 7.74. The van der Waals surface area contributed by atoms with Gasteiger partial charge in [-0.3, -0.25) is 4.79 Å². The van der Waals surface area contributed by atoms with E-state index in [0.717, 1.165) is 18.4 Å². The molecule has 0 saturated carbocycles. The number of methoxy groups -OCH3 is 1. The zero-order valence-electron chi connectivity index (χ0n) is 13.4. The van der Waals surface area contributed by atoms with Gasteiger partial charge in [0.05, 0.1) is 7.11 Å². The van der Waals surface area contributed by atoms with Crippen LogP contribution in [0.3, 0.4) is 0 Å². The Kier molecular flexibility index (Phi) is 6.81. The summed E-state index contributed by atoms with van der Waals surface area (Å²) >= 11 is 0. The molecule has 1 rings (SSSR count). The molecule has 0 radical (unpaired) electrons. The molecular weight excluding hydrogens is 262 g/mol. The third-order valence-electron chi connectivity index (χ3n) is 3.94. The fourth-order valence-corrected chi connectivity index (χ4v) is 2.09. The van der Waals surface area contributed by atoms with Crippen molar-refractivity contribution >= 4 is 5.91 Å². The van der Waals surface area contributed by atoms with Gasteiger partial charge in [0.25, 0.3) is 5.91 Å². The fraction of sp³-hybridized carbons (Fsp3) is 0.500. The second kappa shape index (κ2) is 8.36. The van der Waals surface area contributed by atoms with Crippen LogP contribution in [0.15, 0.2) is 18.2 Å². The van der Waals surface area contributed by atoms with Crippen molar-refractivity contribution in [2.75, 3.05) is 7.11 Å². The van der Waals surface area contributed by atoms with Crippen molar-refractivity contribution in [1.29, 1.82) is 0 Å². The average molecular weight is 287 g/mol. The molecule has 3 nitrogen and oxygen atoms in total. The minimum Gasteiger partial charge on any atom is -0.496 e. The number of terminal acetylenes is 1. The molecule has 0 saturated heterocycles. The quantitative estimate of drug-likeness (QED) is 0.780. The first-order valence-electron chi connectivity index (χ1n) is 7.44. The third kappa shape index (κ3) is 4.82. The standard InChI is InChI=1S/C18H25NO2/c1-6-8-9-15-10-11-16(12-17(15)21-5)18(20)19-14(4)13(3)7-2/h1,10-14H,7-9H2,2-5H3,(H,19,20). The Morgan fingerprint density at radius 2 is 2.14 bits per heavy atom. The minimum atomic E-state index is -0.0652. The second-order valence-corrected chi connectivity index (χ2v) is 5.38. The van der Waals surface area contributed by atoms with Crippen molar-refractivity contribution < 1.29 is 9.53 Å². The topological polar surface area (TPSA) is 38.3 Å². The van der Waals surface area contributed by atoms with Crippen molar-refractivity contribution in [3.05, 3.63) is 29.3 Å². The maximum absolute atomic E-state index is 12.3. The van der Waals surface area contributed by atoms with Crippen LogP contribution in [0.2, 0.25) is 0 Å². The molecule has 1 N–H and O–H groups in total. The molecule has 1 amide bonds. The van der Waals surface area contributed by atoms with Crippen LogP contribution in [-0.2, 0) is 6.42 Å². The molecule has 3 heteroatoms. The summed E-state index contributed by atoms with van der Waals surface area (Å²) in [6.45, 7) is 6.29. The maximum atomic E-state index is 12.3. The molecule has 0 spiro atoms. The number of carbonyl (C=O) groups is 1. The molecule has 1 aromatic rings. The predicted octanol–water partition coefficient (Wildman–Crippen LogP) is 3.43. The Labute approximate surface area is 128 Å². The van der Waals surface area contributed by atoms with Crippen LogP contribution in [0.25, 0.3) is 0 Å². The normalized spacial score (nSPS) is 13.1. The van der Waals surface area contributed by atoms with Gasteiger partial charge in [-0.05, 0) is 37.0 Å². The molecular formula is C18H25NO2. The summed E-state index contributed by atoms with van der Waals surface area (Å²) in [5, 5.41) is 3.03. The first-order valence-corrected chi connectivity index (χ1v) is 7.44. The van der Waals surface area contributed by atoms with Crippen LogP contribution in [0.1, 0.15) is 49.5 Å². The van der Waals surface area contributed by atoms with Crippen LogP contribution >= 0.6 is 0 Å². The van der Waals surface area contributed by atoms with E-state index < -0.39 is 0 Å². The van der Waals surface area contributed by atoms with E-state index in [1.54, 1.807) is 13.2 Å². The summed E-state index contributed by atoms with van der Waals surface area (Å²) in [6, 6.07) is 5.67. The number of nitrogens with one attached hydrogen (secondary N) is 1. The molecule has 0 aliphatic rings. The van der Waals surface area contributed by atoms with Crippen LogP contribution in [-0.4, -0.2) is 19.1 Å². The number of hydrogen-bond donors (Lipinski definition) is 1. The largest absolute Gasteiger partial charge is 0.496 e. The van der Waals surface area contributed by atoms with E-state index in [0.29, 0.717) is 23.7 Å². The monoisotopic (exact) mass is 287 g/mol. The molecule has 0 aliphatic heterocycles. The molecule has 0 heterocycles. The summed E-state index contributed by atoms with van der Waals surface area (Å²) in [5.41, 5.74) is 1.65. The number of benzene rings is 1. The van der Waals surface area contributed by atoms with E-state index >= 15 is 0 Å². The zero-order valence-corrected chi connectivity index (χ0v) is 13.4. The third-order valence-corrected chi connectivity index (χ3v) is 3.94. The Morgan fingerprint density at radius 1 is 1.43 bits per heavy atom. The van der Waals surface area contributed by atoms with E-state index in [1.165, 1.54) is 0 Å². The summed E-state index contributed by atoms with van der Waals surface area (Å²) in [4.78, 5) is 12.3. The van der Waals surface area contributed by atoms with Crippen molar-refractivity contribution in [1.82, 2.24) is 5.32 Å². The number of aryl methyl sites for hydroxylation is 1. The van der Waals surface area contributed by atoms with E-state index in [4.69, 9.17) is 11.2 Å². The Bertz CT molecular complexity index is 516. The molecule has 114 valence electrons. The first kappa shape index (κ1) is 17.1. The minimum absolute atomic E-state index is 0.0652. The van der Waals surface area contributed by atoms with Gasteiger partial charge in [0.15, 0.2) is 0 Å². The van der Waals surface area contributed by atoms with Gasteiger partial charge >= 0.3 is 0 Å². The molecule has 0 fully saturated rings. The van der Waals surface area contributed by atoms with Crippen LogP contribution in [0.5, 0.6) is 5.75 Å². The van der Waals surface area contributed by atoms with Crippen LogP contribution in [0.4, 0.5) is 0 Å². The van der Waals surface area contributed by atoms with Crippen molar-refractivity contribution in [3.8, 4) is 18.1 Å². The number of ether oxygens (including phenoxy) is 1. The molecule has 0 bridgehead atoms. The average Bonchev–Trinajstić information content (AvgIpc) is 2.51. The van der Waals surface area contributed by atoms with Gasteiger partial charge in [-0.15, -0.1) is 12.3 Å². The number of hydrogen-bond acceptors (Lipinski definition) is 2. The van der Waals surface area contributed by atoms with Crippen molar-refractivity contribution in [2.24, 2.45) is 5.92 Å². The SMILES string of the molecule is C#CCCc1ccc(C(=O)NC(C)C(C)CC)cc1OC. The van der Waals surface area contributed by atoms with E-state index in [2.05, 4.69) is 25.1 Å². The highest BCUT2D eigenvalue weighted by atomic mass is 16.5. The summed E-state index contributed by atoms with van der Waals surface area (Å²) in [7, 11) is 1.61. The smallest absolute Gasteiger partial charge is 0.251 e. The first-order chi connectivity index (χ1) is 10.0. The van der Waals surface area contributed by atoms with E-state index in [9.17, 15) is 4.79 Å². The number of carbonyl (C=O) groups excluding carboxylic acids is 1. The number of amides is 1. The van der Waals surface area contributed by atoms with Gasteiger partial charge in [0.1, 0.15) is 5.75 Å². The highest BCUT2D eigenvalue weighted by Gasteiger charge is 2.15. The molecule has 0 aromatic heterocycles. The van der Waals surface area contributed by atoms with Gasteiger partial charge in [-0.25, -0.2) is 0 Å². The Hall–Kier alpha value is -1.95. The molecule has 2 unspecified atom stereocenters. The van der Waals surface area contributed by atoms with Crippen LogP contribution in [0, 0.1) is 18.3 Å². The van der Waals surface area contributed by atoms with Crippen molar-refractivity contribution in [2.45, 2.75) is 46.1 Å². The Balaban J connectivity index is 2.84. The van der Waals surface area contributed by atoms with Crippen molar-refractivity contribution in [3.63, 3.8) is 0 Å². The molecule has 0 aliphatic carbocycles. The molecule has 21 heavy (non-hydrogen) atoms. The highest BCUT2D eigenvalue weighted by Crippen LogP contribution is 2.22. The van der Waals surface area contributed by atoms with E-state index in [-0.39, 0.29) is 11.9 Å². The van der Waals surface area contributed by atoms with E-state index in [1.807, 2.05) is 19.1 Å². The lowest BCUT2D eigenvalue weighted by Crippen LogP contribution is -2.36. The van der Waals surface area contributed by atoms with Crippen LogP contribution < -0.4 is 10.1 Å². The zero-order chi connectivity index (χ0) is 15.8. The fourth-order valence-electron chi connectivity index (χ4n) is 2.09. The number of rotatable bonds is 7. The van der Waals surface area contributed by atoms with Gasteiger partial charge < -0.3 is 10.1 Å². The highest BCUT2D eigenvalue weighted by molar-refractivity contribution is 5.94. The lowest BCUT2D eigenvalue weighted by atomic mass is 10.00. The molecule has 2 atom stereocenters. The van der Waals surface area contributed by atoms with Gasteiger partial charge in [-0.2, -0.15) is 0 Å². The predicted molar refractivity (Wildman–Crippen MR) is 86.5 cm³/mol. The lowest BCUT2D eigenvalue weighted by molar-refractivity contribution is 0.0927. The molecule has 1 aromatic carbocycles. The Morgan fingerprint density at radius 3 is 2.71 bits per heavy atom. The van der Waals surface area contributed by atoms with Gasteiger partial charge in [0.2, 0.25) is 0 Å². The van der Waals surface area contributed by atoms with Gasteiger partial charge in [0, 0.05) is 18.0 Å². The lowest BCUT2D eigenvalue weighted by Gasteiger charge is -2.20. The summed E-state index contributed by atoms with van der Waals surface area (Å²) in [5.74, 6) is 3.72. The summed E-state index contributed by atoms with van der Waals surface area (Å²) < 4.78 is 5.36. The van der Waals surface area contributed by atoms with Gasteiger partial charge in [-0.1, -0.05) is 26.3 Å².